The number of carbonyl (C=O) groups is 1. The van der Waals surface area contributed by atoms with Crippen molar-refractivity contribution in [2.45, 2.75) is 96.8 Å². The van der Waals surface area contributed by atoms with Gasteiger partial charge in [-0.15, -0.1) is 0 Å². The van der Waals surface area contributed by atoms with Crippen molar-refractivity contribution in [3.63, 3.8) is 0 Å². The van der Waals surface area contributed by atoms with Crippen LogP contribution in [0, 0.1) is 5.92 Å². The molecule has 2 heteroatoms. The molecule has 1 aliphatic carbocycles. The molecule has 1 aromatic carbocycles. The molecule has 0 amide bonds. The maximum Gasteiger partial charge on any atom is 0.133 e. The summed E-state index contributed by atoms with van der Waals surface area (Å²) in [5.74, 6) is 1.33. The van der Waals surface area contributed by atoms with Crippen molar-refractivity contribution in [3.05, 3.63) is 29.3 Å². The van der Waals surface area contributed by atoms with Gasteiger partial charge in [0.1, 0.15) is 11.5 Å². The van der Waals surface area contributed by atoms with Gasteiger partial charge < -0.3 is 5.11 Å². The van der Waals surface area contributed by atoms with Crippen LogP contribution < -0.4 is 0 Å². The zero-order valence-electron chi connectivity index (χ0n) is 16.6. The number of carbonyl (C=O) groups excluding carboxylic acids is 1. The predicted octanol–water partition coefficient (Wildman–Crippen LogP) is 6.50. The largest absolute Gasteiger partial charge is 0.508 e. The summed E-state index contributed by atoms with van der Waals surface area (Å²) >= 11 is 0. The number of phenols is 1. The molecule has 0 bridgehead atoms. The Balaban J connectivity index is 2.15. The molecule has 0 radical (unpaired) electrons. The van der Waals surface area contributed by atoms with Crippen LogP contribution in [0.1, 0.15) is 103 Å². The van der Waals surface area contributed by atoms with Crippen molar-refractivity contribution in [1.29, 1.82) is 0 Å². The van der Waals surface area contributed by atoms with E-state index in [2.05, 4.69) is 39.8 Å². The maximum absolute atomic E-state index is 12.0. The van der Waals surface area contributed by atoms with Gasteiger partial charge in [-0.25, -0.2) is 0 Å². The Morgan fingerprint density at radius 1 is 1.20 bits per heavy atom. The molecule has 25 heavy (non-hydrogen) atoms. The maximum atomic E-state index is 12.0. The van der Waals surface area contributed by atoms with E-state index >= 15 is 0 Å². The summed E-state index contributed by atoms with van der Waals surface area (Å²) in [6.45, 7) is 8.99. The molecule has 1 N–H and O–H groups in total. The van der Waals surface area contributed by atoms with E-state index in [1.54, 1.807) is 0 Å². The average molecular weight is 345 g/mol. The molecule has 2 unspecified atom stereocenters. The fourth-order valence-electron chi connectivity index (χ4n) is 4.20. The number of unbranched alkanes of at least 4 members (excludes halogenated alkanes) is 3. The lowest BCUT2D eigenvalue weighted by Crippen LogP contribution is -2.18. The summed E-state index contributed by atoms with van der Waals surface area (Å²) in [7, 11) is 0. The van der Waals surface area contributed by atoms with Crippen LogP contribution in [0.5, 0.6) is 5.75 Å². The first-order chi connectivity index (χ1) is 11.8. The van der Waals surface area contributed by atoms with Crippen LogP contribution in [0.15, 0.2) is 18.2 Å². The molecule has 0 saturated heterocycles. The minimum Gasteiger partial charge on any atom is -0.508 e. The highest BCUT2D eigenvalue weighted by Gasteiger charge is 2.28. The number of aromatic hydroxyl groups is 1. The van der Waals surface area contributed by atoms with Crippen molar-refractivity contribution >= 4 is 5.78 Å². The second-order valence-electron chi connectivity index (χ2n) is 8.69. The molecule has 140 valence electrons. The summed E-state index contributed by atoms with van der Waals surface area (Å²) in [5, 5.41) is 10.7. The van der Waals surface area contributed by atoms with Crippen LogP contribution in [0.2, 0.25) is 0 Å². The molecule has 2 atom stereocenters. The van der Waals surface area contributed by atoms with E-state index in [1.165, 1.54) is 31.2 Å². The fourth-order valence-corrected chi connectivity index (χ4v) is 4.20. The quantitative estimate of drug-likeness (QED) is 0.452. The Bertz CT molecular complexity index is 573. The molecule has 2 nitrogen and oxygen atoms in total. The summed E-state index contributed by atoms with van der Waals surface area (Å²) < 4.78 is 0. The van der Waals surface area contributed by atoms with Gasteiger partial charge in [0.25, 0.3) is 0 Å². The number of Topliss-reactive ketones (excluding diaryl/α,β-unsaturated/α-hetero) is 1. The number of ketones is 1. The standard InChI is InChI=1S/C23H36O2/c1-5-6-7-8-14-23(3,4)18-12-13-20(22(25)15-18)21-16-19(24)11-9-10-17(21)2/h12-13,15,17,21,25H,5-11,14,16H2,1-4H3. The summed E-state index contributed by atoms with van der Waals surface area (Å²) in [6, 6.07) is 6.21. The van der Waals surface area contributed by atoms with Gasteiger partial charge in [-0.2, -0.15) is 0 Å². The smallest absolute Gasteiger partial charge is 0.133 e. The number of benzene rings is 1. The molecule has 0 aliphatic heterocycles. The van der Waals surface area contributed by atoms with E-state index in [1.807, 2.05) is 6.07 Å². The summed E-state index contributed by atoms with van der Waals surface area (Å²) in [5.41, 5.74) is 2.25. The van der Waals surface area contributed by atoms with E-state index in [9.17, 15) is 9.90 Å². The molecule has 1 aromatic rings. The van der Waals surface area contributed by atoms with E-state index in [0.29, 0.717) is 30.3 Å². The molecule has 1 saturated carbocycles. The monoisotopic (exact) mass is 344 g/mol. The topological polar surface area (TPSA) is 37.3 Å². The van der Waals surface area contributed by atoms with E-state index in [-0.39, 0.29) is 11.3 Å². The van der Waals surface area contributed by atoms with Gasteiger partial charge in [0, 0.05) is 12.8 Å². The van der Waals surface area contributed by atoms with Gasteiger partial charge in [0.2, 0.25) is 0 Å². The van der Waals surface area contributed by atoms with Crippen molar-refractivity contribution in [2.75, 3.05) is 0 Å². The third-order valence-corrected chi connectivity index (χ3v) is 6.12. The molecule has 0 spiro atoms. The number of rotatable bonds is 7. The SMILES string of the molecule is CCCCCCC(C)(C)c1ccc(C2CC(=O)CCCC2C)c(O)c1. The lowest BCUT2D eigenvalue weighted by molar-refractivity contribution is -0.119. The van der Waals surface area contributed by atoms with Gasteiger partial charge in [0.15, 0.2) is 0 Å². The normalized spacial score (nSPS) is 22.0. The summed E-state index contributed by atoms with van der Waals surface area (Å²) in [6.07, 6.45) is 9.55. The van der Waals surface area contributed by atoms with Gasteiger partial charge in [-0.1, -0.05) is 65.5 Å². The zero-order valence-corrected chi connectivity index (χ0v) is 16.6. The molecule has 2 rings (SSSR count). The van der Waals surface area contributed by atoms with Gasteiger partial charge in [-0.3, -0.25) is 4.79 Å². The third-order valence-electron chi connectivity index (χ3n) is 6.12. The van der Waals surface area contributed by atoms with E-state index in [4.69, 9.17) is 0 Å². The van der Waals surface area contributed by atoms with E-state index < -0.39 is 0 Å². The highest BCUT2D eigenvalue weighted by molar-refractivity contribution is 5.79. The Kier molecular flexibility index (Phi) is 7.10. The molecular weight excluding hydrogens is 308 g/mol. The Morgan fingerprint density at radius 2 is 1.96 bits per heavy atom. The zero-order chi connectivity index (χ0) is 18.4. The first kappa shape index (κ1) is 20.0. The highest BCUT2D eigenvalue weighted by Crippen LogP contribution is 2.41. The number of hydrogen-bond acceptors (Lipinski definition) is 2. The van der Waals surface area contributed by atoms with Crippen molar-refractivity contribution < 1.29 is 9.90 Å². The Labute approximate surface area is 154 Å². The molecule has 1 fully saturated rings. The minimum atomic E-state index is 0.0780. The Morgan fingerprint density at radius 3 is 2.64 bits per heavy atom. The molecular formula is C23H36O2. The predicted molar refractivity (Wildman–Crippen MR) is 105 cm³/mol. The minimum absolute atomic E-state index is 0.0780. The van der Waals surface area contributed by atoms with Crippen LogP contribution in [0.25, 0.3) is 0 Å². The van der Waals surface area contributed by atoms with Gasteiger partial charge in [0.05, 0.1) is 0 Å². The van der Waals surface area contributed by atoms with Crippen LogP contribution in [-0.2, 0) is 10.2 Å². The van der Waals surface area contributed by atoms with Crippen LogP contribution in [0.3, 0.4) is 0 Å². The van der Waals surface area contributed by atoms with Crippen LogP contribution in [0.4, 0.5) is 0 Å². The van der Waals surface area contributed by atoms with Crippen LogP contribution >= 0.6 is 0 Å². The molecule has 1 aliphatic rings. The molecule has 0 heterocycles. The second kappa shape index (κ2) is 8.87. The first-order valence-electron chi connectivity index (χ1n) is 10.2. The van der Waals surface area contributed by atoms with Crippen molar-refractivity contribution in [3.8, 4) is 5.75 Å². The lowest BCUT2D eigenvalue weighted by Gasteiger charge is -2.28. The first-order valence-corrected chi connectivity index (χ1v) is 10.2. The van der Waals surface area contributed by atoms with E-state index in [0.717, 1.165) is 24.8 Å². The van der Waals surface area contributed by atoms with Gasteiger partial charge >= 0.3 is 0 Å². The Hall–Kier alpha value is -1.31. The second-order valence-corrected chi connectivity index (χ2v) is 8.69. The average Bonchev–Trinajstić information content (AvgIpc) is 2.72. The third kappa shape index (κ3) is 5.33. The van der Waals surface area contributed by atoms with Crippen molar-refractivity contribution in [2.24, 2.45) is 5.92 Å². The summed E-state index contributed by atoms with van der Waals surface area (Å²) in [4.78, 5) is 12.0. The number of phenolic OH excluding ortho intramolecular Hbond substituents is 1. The van der Waals surface area contributed by atoms with Gasteiger partial charge in [-0.05, 0) is 53.7 Å². The molecule has 0 aromatic heterocycles. The highest BCUT2D eigenvalue weighted by atomic mass is 16.3. The van der Waals surface area contributed by atoms with Crippen LogP contribution in [-0.4, -0.2) is 10.9 Å². The number of hydrogen-bond donors (Lipinski definition) is 1. The fraction of sp³-hybridized carbons (Fsp3) is 0.696. The lowest BCUT2D eigenvalue weighted by atomic mass is 9.77. The van der Waals surface area contributed by atoms with Crippen molar-refractivity contribution in [1.82, 2.24) is 0 Å².